The third kappa shape index (κ3) is 16.8. The van der Waals surface area contributed by atoms with Gasteiger partial charge >= 0.3 is 24.8 Å². The fraction of sp³-hybridized carbons (Fsp3) is 0.267. The number of nitrogens with zero attached hydrogens (tertiary/aromatic N) is 5. The van der Waals surface area contributed by atoms with E-state index in [1.54, 1.807) is 13.8 Å². The second kappa shape index (κ2) is 27.2. The number of ketones is 2. The zero-order valence-corrected chi connectivity index (χ0v) is 39.9. The number of benzene rings is 3. The van der Waals surface area contributed by atoms with Gasteiger partial charge in [0.05, 0.1) is 28.1 Å². The fourth-order valence-electron chi connectivity index (χ4n) is 5.24. The molecule has 3 heterocycles. The van der Waals surface area contributed by atoms with Gasteiger partial charge < -0.3 is 15.7 Å². The average Bonchev–Trinajstić information content (AvgIpc) is 3.19. The summed E-state index contributed by atoms with van der Waals surface area (Å²) in [6.45, 7) is 13.9. The summed E-state index contributed by atoms with van der Waals surface area (Å²) in [6.07, 6.45) is 4.07. The fourth-order valence-corrected chi connectivity index (χ4v) is 7.17. The van der Waals surface area contributed by atoms with Gasteiger partial charge in [-0.15, -0.1) is 0 Å². The van der Waals surface area contributed by atoms with Crippen molar-refractivity contribution in [2.24, 2.45) is 0 Å². The largest absolute Gasteiger partial charge is 1.00 e. The first kappa shape index (κ1) is 58.6. The van der Waals surface area contributed by atoms with Gasteiger partial charge in [0.25, 0.3) is 17.0 Å². The minimum Gasteiger partial charge on any atom is -0.870 e. The van der Waals surface area contributed by atoms with Crippen molar-refractivity contribution in [2.75, 3.05) is 4.90 Å². The van der Waals surface area contributed by atoms with Gasteiger partial charge in [-0.05, 0) is 100 Å². The Bertz CT molecular complexity index is 2510. The molecule has 0 fully saturated rings. The topological polar surface area (TPSA) is 212 Å². The van der Waals surface area contributed by atoms with Gasteiger partial charge in [0.2, 0.25) is 0 Å². The SMILES string of the molecule is CC(=O)C1=CCC(=S)N(c2ccc(F)cc2)C1=O.CC(=O)c1cnc(SC(C)C)n(-c2ccc(F)cc2)c1=O.CC(C)O.CC(C)Sc1ncc(C(=O)O)c(=O)n1-c1ccc(F)cc1.[Li+].[OH-]. The molecular weight excluding hydrogens is 915 g/mol. The summed E-state index contributed by atoms with van der Waals surface area (Å²) in [5, 5.41) is 18.3. The van der Waals surface area contributed by atoms with Crippen LogP contribution in [-0.2, 0) is 9.59 Å². The van der Waals surface area contributed by atoms with E-state index in [2.05, 4.69) is 9.97 Å². The van der Waals surface area contributed by atoms with E-state index in [9.17, 15) is 41.9 Å². The Morgan fingerprint density at radius 3 is 1.33 bits per heavy atom. The standard InChI is InChI=1S/C15H15FN2O2S.C14H13FN2O3S.C13H10FNO2S.C3H8O.Li.H2O/c1-9(2)21-15-17-8-13(10(3)19)14(20)18(15)12-6-4-11(16)5-7-12;1-8(2)21-14-16-7-11(13(19)20)12(18)17(14)10-5-3-9(15)4-6-10;1-8(16)11-6-7-12(18)15(13(11)17)10-4-2-9(14)3-5-10;1-3(2)4;;/h4-9H,1-3H3;3-8H,1-2H3,(H,19,20);2-6H,7H2,1H3;3-4H,1-2H3;;1H2/q;;;;+1;/p-1. The number of thioether (sulfide) groups is 2. The van der Waals surface area contributed by atoms with Gasteiger partial charge in [0, 0.05) is 34.9 Å². The number of carboxylic acids is 1. The quantitative estimate of drug-likeness (QED) is 0.0457. The number of Topliss-reactive ketones (excluding diaryl/α,β-unsaturated/α-hetero) is 2. The number of hydrogen-bond acceptors (Lipinski definition) is 13. The summed E-state index contributed by atoms with van der Waals surface area (Å²) in [5.74, 6) is -3.65. The van der Waals surface area contributed by atoms with Crippen molar-refractivity contribution in [3.8, 4) is 11.4 Å². The Balaban J connectivity index is 0.000000469. The number of carbonyl (C=O) groups excluding carboxylic acids is 3. The number of rotatable bonds is 10. The van der Waals surface area contributed by atoms with E-state index in [0.717, 1.165) is 6.20 Å². The van der Waals surface area contributed by atoms with Crippen molar-refractivity contribution in [3.05, 3.63) is 146 Å². The summed E-state index contributed by atoms with van der Waals surface area (Å²) in [5.41, 5.74) is -0.0779. The van der Waals surface area contributed by atoms with Crippen LogP contribution in [0.4, 0.5) is 18.9 Å². The van der Waals surface area contributed by atoms with Gasteiger partial charge in [-0.2, -0.15) is 0 Å². The van der Waals surface area contributed by atoms with Crippen molar-refractivity contribution in [1.82, 2.24) is 19.1 Å². The molecule has 0 saturated carbocycles. The van der Waals surface area contributed by atoms with E-state index >= 15 is 0 Å². The van der Waals surface area contributed by atoms with Crippen molar-refractivity contribution in [1.29, 1.82) is 0 Å². The molecule has 0 spiro atoms. The third-order valence-corrected chi connectivity index (χ3v) is 10.2. The van der Waals surface area contributed by atoms with Crippen LogP contribution in [0.1, 0.15) is 82.5 Å². The van der Waals surface area contributed by atoms with E-state index < -0.39 is 40.2 Å². The number of amides is 1. The average molecular weight is 962 g/mol. The molecule has 6 rings (SSSR count). The molecule has 14 nitrogen and oxygen atoms in total. The molecule has 0 bridgehead atoms. The van der Waals surface area contributed by atoms with Crippen LogP contribution >= 0.6 is 35.7 Å². The maximum absolute atomic E-state index is 13.1. The molecule has 66 heavy (non-hydrogen) atoms. The van der Waals surface area contributed by atoms with Gasteiger partial charge in [-0.25, -0.2) is 27.9 Å². The van der Waals surface area contributed by atoms with E-state index in [1.807, 2.05) is 27.7 Å². The van der Waals surface area contributed by atoms with E-state index in [0.29, 0.717) is 38.8 Å². The molecule has 5 aromatic rings. The van der Waals surface area contributed by atoms with Crippen LogP contribution < -0.4 is 34.9 Å². The van der Waals surface area contributed by atoms with Gasteiger partial charge in [0.15, 0.2) is 21.9 Å². The monoisotopic (exact) mass is 961 g/mol. The molecule has 0 radical (unpaired) electrons. The minimum atomic E-state index is -1.34. The molecule has 0 atom stereocenters. The van der Waals surface area contributed by atoms with Crippen LogP contribution in [0.15, 0.2) is 117 Å². The number of aliphatic hydroxyl groups excluding tert-OH is 1. The third-order valence-electron chi connectivity index (χ3n) is 7.95. The molecule has 3 aromatic carbocycles. The smallest absolute Gasteiger partial charge is 0.870 e. The molecule has 21 heteroatoms. The van der Waals surface area contributed by atoms with Crippen molar-refractivity contribution in [3.63, 3.8) is 0 Å². The van der Waals surface area contributed by atoms with Crippen LogP contribution in [0.3, 0.4) is 0 Å². The number of hydrogen-bond donors (Lipinski definition) is 2. The molecule has 3 N–H and O–H groups in total. The maximum Gasteiger partial charge on any atom is 1.00 e. The zero-order valence-electron chi connectivity index (χ0n) is 37.5. The number of aromatic nitrogens is 4. The summed E-state index contributed by atoms with van der Waals surface area (Å²) >= 11 is 7.84. The van der Waals surface area contributed by atoms with Crippen molar-refractivity contribution in [2.45, 2.75) is 88.7 Å². The minimum absolute atomic E-state index is 0. The summed E-state index contributed by atoms with van der Waals surface area (Å²) in [6, 6.07) is 16.2. The molecule has 0 saturated heterocycles. The number of halogens is 3. The second-order valence-corrected chi connectivity index (χ2v) is 17.9. The first-order valence-corrected chi connectivity index (χ1v) is 21.6. The molecule has 0 unspecified atom stereocenters. The summed E-state index contributed by atoms with van der Waals surface area (Å²) in [4.78, 5) is 80.8. The Labute approximate surface area is 404 Å². The predicted molar refractivity (Wildman–Crippen MR) is 248 cm³/mol. The molecule has 1 aliphatic heterocycles. The molecule has 346 valence electrons. The Kier molecular flexibility index (Phi) is 24.2. The normalized spacial score (nSPS) is 11.7. The molecule has 2 aromatic heterocycles. The van der Waals surface area contributed by atoms with Crippen LogP contribution in [0.25, 0.3) is 11.4 Å². The van der Waals surface area contributed by atoms with Gasteiger partial charge in [-0.3, -0.25) is 38.0 Å². The number of thiocarbonyl (C=S) groups is 1. The van der Waals surface area contributed by atoms with E-state index in [-0.39, 0.29) is 69.5 Å². The van der Waals surface area contributed by atoms with Crippen LogP contribution in [0.5, 0.6) is 0 Å². The second-order valence-electron chi connectivity index (χ2n) is 14.3. The molecule has 0 aliphatic carbocycles. The van der Waals surface area contributed by atoms with Crippen molar-refractivity contribution < 1.29 is 66.9 Å². The van der Waals surface area contributed by atoms with Crippen LogP contribution in [-0.4, -0.2) is 79.8 Å². The number of carbonyl (C=O) groups is 4. The Morgan fingerprint density at radius 2 is 1.00 bits per heavy atom. The van der Waals surface area contributed by atoms with Crippen LogP contribution in [0, 0.1) is 17.5 Å². The summed E-state index contributed by atoms with van der Waals surface area (Å²) in [7, 11) is 0. The number of aromatic carboxylic acids is 1. The zero-order chi connectivity index (χ0) is 48.0. The van der Waals surface area contributed by atoms with Crippen LogP contribution in [0.2, 0.25) is 0 Å². The Hall–Kier alpha value is -5.46. The maximum atomic E-state index is 13.1. The first-order valence-electron chi connectivity index (χ1n) is 19.4. The number of carboxylic acid groups (broad SMARTS) is 1. The first-order chi connectivity index (χ1) is 30.0. The predicted octanol–water partition coefficient (Wildman–Crippen LogP) is 5.26. The van der Waals surface area contributed by atoms with Gasteiger partial charge in [0.1, 0.15) is 28.6 Å². The number of anilines is 1. The summed E-state index contributed by atoms with van der Waals surface area (Å²) < 4.78 is 41.5. The van der Waals surface area contributed by atoms with E-state index in [4.69, 9.17) is 22.4 Å². The van der Waals surface area contributed by atoms with E-state index in [1.165, 1.54) is 136 Å². The Morgan fingerprint density at radius 1 is 0.652 bits per heavy atom. The molecular formula is C45H47F3LiN5O9S3. The molecule has 1 aliphatic rings. The molecule has 1 amide bonds. The number of aliphatic hydroxyl groups is 1. The van der Waals surface area contributed by atoms with Crippen molar-refractivity contribution >= 4 is 69.9 Å². The van der Waals surface area contributed by atoms with Gasteiger partial charge in [-0.1, -0.05) is 69.5 Å².